The van der Waals surface area contributed by atoms with Gasteiger partial charge >= 0.3 is 18.1 Å². The number of nitrogens with one attached hydrogen (secondary N) is 1. The van der Waals surface area contributed by atoms with Crippen LogP contribution in [-0.4, -0.2) is 41.3 Å². The number of carboxylic acids is 1. The maximum atomic E-state index is 13.2. The van der Waals surface area contributed by atoms with Gasteiger partial charge in [-0.3, -0.25) is 4.79 Å². The molecule has 2 aromatic rings. The molecular formula is C24H28F3N3O3. The highest BCUT2D eigenvalue weighted by Gasteiger charge is 2.49. The molecule has 4 N–H and O–H groups in total. The Balaban J connectivity index is 2.08. The van der Waals surface area contributed by atoms with Crippen molar-refractivity contribution in [3.8, 4) is 0 Å². The average molecular weight is 464 g/mol. The molecule has 2 aromatic carbocycles. The van der Waals surface area contributed by atoms with Crippen LogP contribution in [0.1, 0.15) is 37.7 Å². The van der Waals surface area contributed by atoms with E-state index in [9.17, 15) is 27.9 Å². The van der Waals surface area contributed by atoms with Crippen molar-refractivity contribution in [3.63, 3.8) is 0 Å². The Bertz CT molecular complexity index is 962. The van der Waals surface area contributed by atoms with Crippen LogP contribution in [-0.2, 0) is 16.0 Å². The highest BCUT2D eigenvalue weighted by molar-refractivity contribution is 5.90. The zero-order valence-electron chi connectivity index (χ0n) is 18.1. The van der Waals surface area contributed by atoms with Crippen LogP contribution in [0.25, 0.3) is 0 Å². The largest absolute Gasteiger partial charge is 0.479 e. The normalized spacial score (nSPS) is 16.6. The van der Waals surface area contributed by atoms with E-state index >= 15 is 0 Å². The minimum atomic E-state index is -5.22. The summed E-state index contributed by atoms with van der Waals surface area (Å²) in [5, 5.41) is 12.1. The van der Waals surface area contributed by atoms with Gasteiger partial charge in [0.15, 0.2) is 5.54 Å². The second kappa shape index (κ2) is 10.1. The lowest BCUT2D eigenvalue weighted by atomic mass is 9.87. The first-order chi connectivity index (χ1) is 15.6. The Morgan fingerprint density at radius 1 is 1.00 bits per heavy atom. The fourth-order valence-corrected chi connectivity index (χ4v) is 4.41. The van der Waals surface area contributed by atoms with Gasteiger partial charge in [0.25, 0.3) is 0 Å². The smallest absolute Gasteiger partial charge is 0.471 e. The Hall–Kier alpha value is -3.23. The summed E-state index contributed by atoms with van der Waals surface area (Å²) in [4.78, 5) is 26.3. The molecule has 0 unspecified atom stereocenters. The number of aliphatic carboxylic acids is 1. The Labute approximate surface area is 190 Å². The molecule has 9 heteroatoms. The van der Waals surface area contributed by atoms with Gasteiger partial charge in [0.05, 0.1) is 17.9 Å². The van der Waals surface area contributed by atoms with Crippen molar-refractivity contribution >= 4 is 23.3 Å². The maximum Gasteiger partial charge on any atom is 0.471 e. The van der Waals surface area contributed by atoms with E-state index in [0.29, 0.717) is 16.9 Å². The van der Waals surface area contributed by atoms with E-state index in [1.807, 2.05) is 5.32 Å². The fourth-order valence-electron chi connectivity index (χ4n) is 4.41. The van der Waals surface area contributed by atoms with Gasteiger partial charge in [0, 0.05) is 12.5 Å². The van der Waals surface area contributed by atoms with E-state index in [1.165, 1.54) is 0 Å². The summed E-state index contributed by atoms with van der Waals surface area (Å²) in [7, 11) is 0. The molecule has 0 bridgehead atoms. The number of benzene rings is 2. The molecule has 0 spiro atoms. The molecule has 6 nitrogen and oxygen atoms in total. The SMILES string of the molecule is Nc1ccccc1N(C[C@@](Cc1ccccc1)(NC(=O)C(F)(F)F)C(=O)O)C1CCCCC1. The predicted octanol–water partition coefficient (Wildman–Crippen LogP) is 4.15. The van der Waals surface area contributed by atoms with Crippen LogP contribution in [0.3, 0.4) is 0 Å². The molecule has 33 heavy (non-hydrogen) atoms. The molecule has 1 saturated carbocycles. The number of rotatable bonds is 8. The zero-order chi connectivity index (χ0) is 24.1. The lowest BCUT2D eigenvalue weighted by molar-refractivity contribution is -0.177. The number of amides is 1. The number of carboxylic acid groups (broad SMARTS) is 1. The number of nitrogen functional groups attached to an aromatic ring is 1. The lowest BCUT2D eigenvalue weighted by Gasteiger charge is -2.42. The number of alkyl halides is 3. The van der Waals surface area contributed by atoms with Crippen molar-refractivity contribution in [2.24, 2.45) is 0 Å². The topological polar surface area (TPSA) is 95.7 Å². The molecule has 1 atom stereocenters. The molecule has 0 heterocycles. The first kappa shape index (κ1) is 24.4. The van der Waals surface area contributed by atoms with Crippen molar-refractivity contribution in [2.75, 3.05) is 17.2 Å². The summed E-state index contributed by atoms with van der Waals surface area (Å²) in [6.07, 6.45) is -1.17. The van der Waals surface area contributed by atoms with Crippen LogP contribution >= 0.6 is 0 Å². The van der Waals surface area contributed by atoms with Crippen LogP contribution in [0.15, 0.2) is 54.6 Å². The van der Waals surface area contributed by atoms with Gasteiger partial charge in [-0.15, -0.1) is 0 Å². The summed E-state index contributed by atoms with van der Waals surface area (Å²) in [6, 6.07) is 15.1. The van der Waals surface area contributed by atoms with Crippen LogP contribution in [0.2, 0.25) is 0 Å². The van der Waals surface area contributed by atoms with Crippen LogP contribution in [0.4, 0.5) is 24.5 Å². The van der Waals surface area contributed by atoms with Crippen LogP contribution in [0.5, 0.6) is 0 Å². The van der Waals surface area contributed by atoms with Gasteiger partial charge in [-0.05, 0) is 30.5 Å². The predicted molar refractivity (Wildman–Crippen MR) is 120 cm³/mol. The Kier molecular flexibility index (Phi) is 7.50. The number of halogens is 3. The van der Waals surface area contributed by atoms with Gasteiger partial charge in [-0.2, -0.15) is 13.2 Å². The van der Waals surface area contributed by atoms with E-state index in [0.717, 1.165) is 32.1 Å². The van der Waals surface area contributed by atoms with Crippen molar-refractivity contribution in [3.05, 3.63) is 60.2 Å². The number of para-hydroxylation sites is 2. The van der Waals surface area contributed by atoms with Gasteiger partial charge in [0.1, 0.15) is 0 Å². The highest BCUT2D eigenvalue weighted by Crippen LogP contribution is 2.33. The number of nitrogens with zero attached hydrogens (tertiary/aromatic N) is 1. The molecule has 178 valence electrons. The van der Waals surface area contributed by atoms with Gasteiger partial charge in [-0.25, -0.2) is 4.79 Å². The molecule has 3 rings (SSSR count). The van der Waals surface area contributed by atoms with E-state index in [2.05, 4.69) is 0 Å². The zero-order valence-corrected chi connectivity index (χ0v) is 18.1. The maximum absolute atomic E-state index is 13.2. The highest BCUT2D eigenvalue weighted by atomic mass is 19.4. The number of anilines is 2. The third-order valence-corrected chi connectivity index (χ3v) is 6.07. The standard InChI is InChI=1S/C24H28F3N3O3/c25-24(26,27)21(31)29-23(22(32)33,15-17-9-3-1-4-10-17)16-30(18-11-5-2-6-12-18)20-14-8-7-13-19(20)28/h1,3-4,7-10,13-14,18H,2,5-6,11-12,15-16,28H2,(H,29,31)(H,32,33)/t23-/m1/s1. The minimum absolute atomic E-state index is 0.110. The summed E-state index contributed by atoms with van der Waals surface area (Å²) in [5.41, 5.74) is 5.39. The summed E-state index contributed by atoms with van der Waals surface area (Å²) in [6.45, 7) is -0.363. The first-order valence-corrected chi connectivity index (χ1v) is 10.9. The molecular weight excluding hydrogens is 435 g/mol. The van der Waals surface area contributed by atoms with E-state index in [1.54, 1.807) is 59.5 Å². The molecule has 1 amide bonds. The number of carbonyl (C=O) groups excluding carboxylic acids is 1. The Morgan fingerprint density at radius 2 is 1.61 bits per heavy atom. The summed E-state index contributed by atoms with van der Waals surface area (Å²) in [5.74, 6) is -3.83. The third kappa shape index (κ3) is 5.97. The van der Waals surface area contributed by atoms with Crippen molar-refractivity contribution in [1.29, 1.82) is 0 Å². The first-order valence-electron chi connectivity index (χ1n) is 10.9. The van der Waals surface area contributed by atoms with Crippen LogP contribution in [0, 0.1) is 0 Å². The minimum Gasteiger partial charge on any atom is -0.479 e. The van der Waals surface area contributed by atoms with Gasteiger partial charge < -0.3 is 21.1 Å². The monoisotopic (exact) mass is 463 g/mol. The quantitative estimate of drug-likeness (QED) is 0.511. The summed E-state index contributed by atoms with van der Waals surface area (Å²) < 4.78 is 39.7. The molecule has 1 aliphatic rings. The summed E-state index contributed by atoms with van der Waals surface area (Å²) >= 11 is 0. The lowest BCUT2D eigenvalue weighted by Crippen LogP contribution is -2.65. The van der Waals surface area contributed by atoms with E-state index in [4.69, 9.17) is 5.73 Å². The fraction of sp³-hybridized carbons (Fsp3) is 0.417. The number of hydrogen-bond donors (Lipinski definition) is 3. The van der Waals surface area contributed by atoms with Gasteiger partial charge in [0.2, 0.25) is 0 Å². The number of carbonyl (C=O) groups is 2. The molecule has 0 aliphatic heterocycles. The van der Waals surface area contributed by atoms with E-state index in [-0.39, 0.29) is 19.0 Å². The third-order valence-electron chi connectivity index (χ3n) is 6.07. The molecule has 1 fully saturated rings. The molecule has 1 aliphatic carbocycles. The number of hydrogen-bond acceptors (Lipinski definition) is 4. The van der Waals surface area contributed by atoms with Crippen LogP contribution < -0.4 is 16.0 Å². The molecule has 0 saturated heterocycles. The van der Waals surface area contributed by atoms with Crippen molar-refractivity contribution < 1.29 is 27.9 Å². The Morgan fingerprint density at radius 3 is 2.18 bits per heavy atom. The van der Waals surface area contributed by atoms with E-state index < -0.39 is 23.6 Å². The second-order valence-electron chi connectivity index (χ2n) is 8.48. The van der Waals surface area contributed by atoms with Crippen molar-refractivity contribution in [1.82, 2.24) is 5.32 Å². The van der Waals surface area contributed by atoms with Crippen molar-refractivity contribution in [2.45, 2.75) is 56.3 Å². The van der Waals surface area contributed by atoms with Gasteiger partial charge in [-0.1, -0.05) is 61.7 Å². The second-order valence-corrected chi connectivity index (χ2v) is 8.48. The number of nitrogens with two attached hydrogens (primary N) is 1. The average Bonchev–Trinajstić information content (AvgIpc) is 2.78. The molecule has 0 aromatic heterocycles. The molecule has 0 radical (unpaired) electrons.